The van der Waals surface area contributed by atoms with Crippen LogP contribution in [0, 0.1) is 0 Å². The van der Waals surface area contributed by atoms with Crippen molar-refractivity contribution in [1.29, 1.82) is 0 Å². The second-order valence-corrected chi connectivity index (χ2v) is 11.2. The lowest BCUT2D eigenvalue weighted by molar-refractivity contribution is 0.0661. The van der Waals surface area contributed by atoms with Gasteiger partial charge in [-0.05, 0) is 79.2 Å². The highest BCUT2D eigenvalue weighted by atomic mass is 35.5. The fourth-order valence-corrected chi connectivity index (χ4v) is 5.27. The Balaban J connectivity index is 1.75. The third-order valence-corrected chi connectivity index (χ3v) is 7.92. The molecule has 0 aliphatic rings. The Labute approximate surface area is 263 Å². The average molecular weight is 637 g/mol. The van der Waals surface area contributed by atoms with Crippen molar-refractivity contribution in [1.82, 2.24) is 14.6 Å². The van der Waals surface area contributed by atoms with E-state index in [9.17, 15) is 14.7 Å². The number of rotatable bonds is 10. The zero-order chi connectivity index (χ0) is 30.5. The number of carbonyl (C=O) groups excluding carboxylic acids is 1. The Bertz CT molecular complexity index is 1810. The Hall–Kier alpha value is -4.08. The van der Waals surface area contributed by atoms with Gasteiger partial charge in [-0.25, -0.2) is 9.66 Å². The molecule has 1 amide bonds. The zero-order valence-corrected chi connectivity index (χ0v) is 25.2. The van der Waals surface area contributed by atoms with Gasteiger partial charge in [0.25, 0.3) is 11.5 Å². The zero-order valence-electron chi connectivity index (χ0n) is 22.9. The largest absolute Gasteiger partial charge is 0.508 e. The molecule has 11 heteroatoms. The number of nitrogens with two attached hydrogens (primary N) is 1. The van der Waals surface area contributed by atoms with Crippen molar-refractivity contribution in [3.63, 3.8) is 0 Å². The molecule has 1 atom stereocenters. The van der Waals surface area contributed by atoms with Gasteiger partial charge in [0.15, 0.2) is 5.82 Å². The summed E-state index contributed by atoms with van der Waals surface area (Å²) in [5.74, 6) is 0.0397. The van der Waals surface area contributed by atoms with Crippen LogP contribution in [0.4, 0.5) is 5.69 Å². The van der Waals surface area contributed by atoms with Crippen LogP contribution >= 0.6 is 34.8 Å². The van der Waals surface area contributed by atoms with Crippen molar-refractivity contribution in [2.45, 2.75) is 18.9 Å². The summed E-state index contributed by atoms with van der Waals surface area (Å²) in [6.07, 6.45) is 0.738. The molecule has 1 aromatic heterocycles. The van der Waals surface area contributed by atoms with Crippen LogP contribution in [0.2, 0.25) is 15.1 Å². The first-order valence-corrected chi connectivity index (χ1v) is 14.7. The van der Waals surface area contributed by atoms with Crippen molar-refractivity contribution in [2.75, 3.05) is 18.5 Å². The van der Waals surface area contributed by atoms with Gasteiger partial charge in [0, 0.05) is 23.6 Å². The molecule has 0 aliphatic heterocycles. The molecule has 0 saturated heterocycles. The van der Waals surface area contributed by atoms with Crippen molar-refractivity contribution in [3.05, 3.63) is 133 Å². The maximum Gasteiger partial charge on any atom is 0.280 e. The van der Waals surface area contributed by atoms with Crippen LogP contribution < -0.4 is 16.7 Å². The van der Waals surface area contributed by atoms with E-state index in [4.69, 9.17) is 45.5 Å². The number of phenolic OH excluding ortho intramolecular Hbond substituents is 1. The van der Waals surface area contributed by atoms with Crippen molar-refractivity contribution in [2.24, 2.45) is 5.73 Å². The third-order valence-electron chi connectivity index (χ3n) is 6.94. The SMILES string of the molecule is NCCCN(C(=O)c1ccc(Cl)c(Cl)c1)C(Cc1ccc(O)cc1)c1nc2cc(Cl)ccc2c(=O)n1Nc1ccccc1. The van der Waals surface area contributed by atoms with Crippen LogP contribution in [0.1, 0.15) is 34.2 Å². The van der Waals surface area contributed by atoms with Gasteiger partial charge in [0.2, 0.25) is 0 Å². The lowest BCUT2D eigenvalue weighted by Crippen LogP contribution is -2.42. The van der Waals surface area contributed by atoms with E-state index in [-0.39, 0.29) is 41.0 Å². The number of aromatic nitrogens is 2. The molecular formula is C32H28Cl3N5O3. The molecule has 0 fully saturated rings. The van der Waals surface area contributed by atoms with Crippen molar-refractivity contribution < 1.29 is 9.90 Å². The predicted molar refractivity (Wildman–Crippen MR) is 172 cm³/mol. The number of nitrogens with one attached hydrogen (secondary N) is 1. The van der Waals surface area contributed by atoms with Crippen LogP contribution in [0.15, 0.2) is 95.8 Å². The first-order valence-electron chi connectivity index (χ1n) is 13.5. The lowest BCUT2D eigenvalue weighted by Gasteiger charge is -2.33. The minimum Gasteiger partial charge on any atom is -0.508 e. The first kappa shape index (κ1) is 30.4. The number of hydrogen-bond donors (Lipinski definition) is 3. The molecule has 4 N–H and O–H groups in total. The second-order valence-electron chi connectivity index (χ2n) is 9.91. The summed E-state index contributed by atoms with van der Waals surface area (Å²) in [7, 11) is 0. The third kappa shape index (κ3) is 6.95. The molecule has 1 unspecified atom stereocenters. The summed E-state index contributed by atoms with van der Waals surface area (Å²) < 4.78 is 1.37. The average Bonchev–Trinajstić information content (AvgIpc) is 3.00. The molecule has 0 aliphatic carbocycles. The Morgan fingerprint density at radius 1 is 0.953 bits per heavy atom. The Morgan fingerprint density at radius 2 is 1.70 bits per heavy atom. The van der Waals surface area contributed by atoms with E-state index in [0.29, 0.717) is 45.2 Å². The van der Waals surface area contributed by atoms with Crippen LogP contribution in [0.25, 0.3) is 10.9 Å². The number of fused-ring (bicyclic) bond motifs is 1. The van der Waals surface area contributed by atoms with E-state index >= 15 is 0 Å². The van der Waals surface area contributed by atoms with Crippen LogP contribution in [-0.2, 0) is 6.42 Å². The number of halogens is 3. The first-order chi connectivity index (χ1) is 20.7. The number of phenols is 1. The van der Waals surface area contributed by atoms with E-state index in [1.165, 1.54) is 10.7 Å². The molecule has 4 aromatic carbocycles. The molecule has 8 nitrogen and oxygen atoms in total. The lowest BCUT2D eigenvalue weighted by atomic mass is 10.0. The highest BCUT2D eigenvalue weighted by molar-refractivity contribution is 6.42. The monoisotopic (exact) mass is 635 g/mol. The molecule has 43 heavy (non-hydrogen) atoms. The highest BCUT2D eigenvalue weighted by Gasteiger charge is 2.31. The van der Waals surface area contributed by atoms with Gasteiger partial charge in [0.1, 0.15) is 5.75 Å². The van der Waals surface area contributed by atoms with E-state index in [0.717, 1.165) is 5.56 Å². The van der Waals surface area contributed by atoms with Gasteiger partial charge in [0.05, 0.1) is 32.7 Å². The van der Waals surface area contributed by atoms with Crippen LogP contribution in [0.5, 0.6) is 5.75 Å². The van der Waals surface area contributed by atoms with E-state index in [1.54, 1.807) is 59.5 Å². The normalized spacial score (nSPS) is 11.8. The molecule has 0 spiro atoms. The molecule has 5 aromatic rings. The molecule has 0 saturated carbocycles. The number of anilines is 1. The second kappa shape index (κ2) is 13.5. The number of aromatic hydroxyl groups is 1. The smallest absolute Gasteiger partial charge is 0.280 e. The molecule has 5 rings (SSSR count). The van der Waals surface area contributed by atoms with Gasteiger partial charge in [-0.3, -0.25) is 15.0 Å². The fraction of sp³-hybridized carbons (Fsp3) is 0.156. The van der Waals surface area contributed by atoms with Crippen molar-refractivity contribution >= 4 is 57.3 Å². The maximum atomic E-state index is 14.2. The summed E-state index contributed by atoms with van der Waals surface area (Å²) in [6.45, 7) is 0.583. The number of para-hydroxylation sites is 1. The van der Waals surface area contributed by atoms with E-state index < -0.39 is 6.04 Å². The number of benzene rings is 4. The summed E-state index contributed by atoms with van der Waals surface area (Å²) in [6, 6.07) is 24.7. The number of amides is 1. The minimum atomic E-state index is -0.773. The minimum absolute atomic E-state index is 0.105. The Kier molecular flexibility index (Phi) is 9.52. The number of hydrogen-bond acceptors (Lipinski definition) is 6. The van der Waals surface area contributed by atoms with Crippen LogP contribution in [0.3, 0.4) is 0 Å². The van der Waals surface area contributed by atoms with Crippen LogP contribution in [-0.4, -0.2) is 38.7 Å². The van der Waals surface area contributed by atoms with Gasteiger partial charge >= 0.3 is 0 Å². The quantitative estimate of drug-likeness (QED) is 0.157. The van der Waals surface area contributed by atoms with Crippen molar-refractivity contribution in [3.8, 4) is 5.75 Å². The van der Waals surface area contributed by atoms with Gasteiger partial charge < -0.3 is 15.7 Å². The topological polar surface area (TPSA) is 113 Å². The summed E-state index contributed by atoms with van der Waals surface area (Å²) >= 11 is 18.8. The summed E-state index contributed by atoms with van der Waals surface area (Å²) in [5, 5.41) is 11.3. The van der Waals surface area contributed by atoms with E-state index in [2.05, 4.69) is 5.43 Å². The standard InChI is InChI=1S/C32H28Cl3N5O3/c33-22-10-13-25-28(19-22)37-30(40(32(25)43)38-23-5-2-1-3-6-23)29(17-20-7-11-24(41)12-8-20)39(16-4-15-36)31(42)21-9-14-26(34)27(35)18-21/h1-3,5-14,18-19,29,38,41H,4,15-17,36H2. The van der Waals surface area contributed by atoms with Gasteiger partial charge in [-0.15, -0.1) is 0 Å². The predicted octanol–water partition coefficient (Wildman–Crippen LogP) is 6.71. The van der Waals surface area contributed by atoms with Gasteiger partial charge in [-0.1, -0.05) is 65.1 Å². The summed E-state index contributed by atoms with van der Waals surface area (Å²) in [5.41, 5.74) is 10.9. The number of nitrogens with zero attached hydrogens (tertiary/aromatic N) is 3. The fourth-order valence-electron chi connectivity index (χ4n) is 4.80. The molecule has 0 bridgehead atoms. The highest BCUT2D eigenvalue weighted by Crippen LogP contribution is 2.30. The van der Waals surface area contributed by atoms with Gasteiger partial charge in [-0.2, -0.15) is 0 Å². The Morgan fingerprint density at radius 3 is 2.40 bits per heavy atom. The molecule has 0 radical (unpaired) electrons. The molecular weight excluding hydrogens is 609 g/mol. The number of carbonyl (C=O) groups is 1. The van der Waals surface area contributed by atoms with E-state index in [1.807, 2.05) is 30.3 Å². The maximum absolute atomic E-state index is 14.2. The summed E-state index contributed by atoms with van der Waals surface area (Å²) in [4.78, 5) is 34.9. The molecule has 1 heterocycles. The molecule has 220 valence electrons.